The van der Waals surface area contributed by atoms with Crippen LogP contribution in [-0.4, -0.2) is 32.0 Å². The molecule has 2 aromatic rings. The molecular formula is C23H29NO5. The summed E-state index contributed by atoms with van der Waals surface area (Å²) in [5.74, 6) is 1.88. The summed E-state index contributed by atoms with van der Waals surface area (Å²) >= 11 is 0. The van der Waals surface area contributed by atoms with Crippen molar-refractivity contribution < 1.29 is 23.8 Å². The second-order valence-electron chi connectivity index (χ2n) is 7.28. The lowest BCUT2D eigenvalue weighted by Gasteiger charge is -2.18. The summed E-state index contributed by atoms with van der Waals surface area (Å²) in [4.78, 5) is 23.7. The third-order valence-corrected chi connectivity index (χ3v) is 4.25. The van der Waals surface area contributed by atoms with E-state index in [4.69, 9.17) is 14.2 Å². The first kappa shape index (κ1) is 22.3. The van der Waals surface area contributed by atoms with Crippen LogP contribution in [0.15, 0.2) is 42.5 Å². The standard InChI is InChI=1S/C23H29NO5/c1-15(2)13-29-21-10-9-18(12-22(21)27-5)16(3)24-23(26)14-28-20-8-6-7-19(11-20)17(4)25/h6-12,15-16H,13-14H2,1-5H3,(H,24,26). The van der Waals surface area contributed by atoms with Gasteiger partial charge in [-0.05, 0) is 49.6 Å². The van der Waals surface area contributed by atoms with Crippen molar-refractivity contribution in [3.63, 3.8) is 0 Å². The summed E-state index contributed by atoms with van der Waals surface area (Å²) in [6.07, 6.45) is 0. The number of carbonyl (C=O) groups excluding carboxylic acids is 2. The van der Waals surface area contributed by atoms with E-state index >= 15 is 0 Å². The van der Waals surface area contributed by atoms with Crippen LogP contribution in [0, 0.1) is 5.92 Å². The zero-order valence-electron chi connectivity index (χ0n) is 17.7. The molecule has 0 saturated heterocycles. The van der Waals surface area contributed by atoms with Crippen molar-refractivity contribution in [2.75, 3.05) is 20.3 Å². The molecule has 2 aromatic carbocycles. The molecule has 1 amide bonds. The molecule has 0 aliphatic rings. The second-order valence-corrected chi connectivity index (χ2v) is 7.28. The van der Waals surface area contributed by atoms with Gasteiger partial charge in [0.25, 0.3) is 5.91 Å². The molecule has 1 atom stereocenters. The van der Waals surface area contributed by atoms with E-state index in [9.17, 15) is 9.59 Å². The topological polar surface area (TPSA) is 73.9 Å². The first-order valence-corrected chi connectivity index (χ1v) is 9.64. The van der Waals surface area contributed by atoms with Crippen molar-refractivity contribution in [1.82, 2.24) is 5.32 Å². The van der Waals surface area contributed by atoms with Crippen molar-refractivity contribution in [2.45, 2.75) is 33.7 Å². The first-order valence-electron chi connectivity index (χ1n) is 9.64. The van der Waals surface area contributed by atoms with E-state index in [1.165, 1.54) is 6.92 Å². The average molecular weight is 399 g/mol. The van der Waals surface area contributed by atoms with Gasteiger partial charge in [-0.3, -0.25) is 9.59 Å². The number of nitrogens with one attached hydrogen (secondary N) is 1. The number of ether oxygens (including phenoxy) is 3. The lowest BCUT2D eigenvalue weighted by Crippen LogP contribution is -2.31. The number of Topliss-reactive ketones (excluding diaryl/α,β-unsaturated/α-hetero) is 1. The van der Waals surface area contributed by atoms with Crippen molar-refractivity contribution in [3.8, 4) is 17.2 Å². The van der Waals surface area contributed by atoms with Crippen LogP contribution in [0.4, 0.5) is 0 Å². The molecule has 0 saturated carbocycles. The molecule has 0 radical (unpaired) electrons. The van der Waals surface area contributed by atoms with Crippen molar-refractivity contribution in [1.29, 1.82) is 0 Å². The van der Waals surface area contributed by atoms with E-state index in [2.05, 4.69) is 19.2 Å². The maximum Gasteiger partial charge on any atom is 0.258 e. The maximum atomic E-state index is 12.3. The van der Waals surface area contributed by atoms with Gasteiger partial charge in [0, 0.05) is 5.56 Å². The Morgan fingerprint density at radius 3 is 2.41 bits per heavy atom. The molecule has 1 N–H and O–H groups in total. The van der Waals surface area contributed by atoms with Gasteiger partial charge in [0.05, 0.1) is 19.8 Å². The van der Waals surface area contributed by atoms with Gasteiger partial charge in [0.1, 0.15) is 5.75 Å². The molecule has 1 unspecified atom stereocenters. The number of rotatable bonds is 10. The van der Waals surface area contributed by atoms with Gasteiger partial charge in [-0.25, -0.2) is 0 Å². The van der Waals surface area contributed by atoms with Crippen LogP contribution in [0.2, 0.25) is 0 Å². The Kier molecular flexibility index (Phi) is 8.07. The SMILES string of the molecule is COc1cc(C(C)NC(=O)COc2cccc(C(C)=O)c2)ccc1OCC(C)C. The highest BCUT2D eigenvalue weighted by Gasteiger charge is 2.14. The monoisotopic (exact) mass is 399 g/mol. The zero-order chi connectivity index (χ0) is 21.4. The molecule has 0 fully saturated rings. The van der Waals surface area contributed by atoms with Gasteiger partial charge in [-0.2, -0.15) is 0 Å². The molecule has 0 bridgehead atoms. The number of carbonyl (C=O) groups is 2. The summed E-state index contributed by atoms with van der Waals surface area (Å²) in [5, 5.41) is 2.90. The normalized spacial score (nSPS) is 11.7. The lowest BCUT2D eigenvalue weighted by molar-refractivity contribution is -0.123. The molecule has 156 valence electrons. The van der Waals surface area contributed by atoms with Crippen LogP contribution in [0.3, 0.4) is 0 Å². The lowest BCUT2D eigenvalue weighted by atomic mass is 10.1. The van der Waals surface area contributed by atoms with Crippen LogP contribution in [0.25, 0.3) is 0 Å². The number of benzene rings is 2. The van der Waals surface area contributed by atoms with E-state index in [1.54, 1.807) is 31.4 Å². The van der Waals surface area contributed by atoms with Gasteiger partial charge in [0.15, 0.2) is 23.9 Å². The van der Waals surface area contributed by atoms with Crippen LogP contribution < -0.4 is 19.5 Å². The van der Waals surface area contributed by atoms with E-state index < -0.39 is 0 Å². The van der Waals surface area contributed by atoms with E-state index in [-0.39, 0.29) is 24.3 Å². The van der Waals surface area contributed by atoms with E-state index in [0.717, 1.165) is 5.56 Å². The Morgan fingerprint density at radius 2 is 1.76 bits per heavy atom. The average Bonchev–Trinajstić information content (AvgIpc) is 2.70. The minimum atomic E-state index is -0.259. The number of methoxy groups -OCH3 is 1. The van der Waals surface area contributed by atoms with Gasteiger partial charge in [-0.1, -0.05) is 32.0 Å². The summed E-state index contributed by atoms with van der Waals surface area (Å²) in [6, 6.07) is 12.1. The largest absolute Gasteiger partial charge is 0.493 e. The highest BCUT2D eigenvalue weighted by Crippen LogP contribution is 2.30. The van der Waals surface area contributed by atoms with Crippen LogP contribution in [0.1, 0.15) is 49.7 Å². The predicted octanol–water partition coefficient (Wildman–Crippen LogP) is 4.19. The predicted molar refractivity (Wildman–Crippen MR) is 112 cm³/mol. The summed E-state index contributed by atoms with van der Waals surface area (Å²) in [5.41, 5.74) is 1.44. The molecule has 0 spiro atoms. The highest BCUT2D eigenvalue weighted by molar-refractivity contribution is 5.94. The fourth-order valence-corrected chi connectivity index (χ4v) is 2.65. The Bertz CT molecular complexity index is 847. The van der Waals surface area contributed by atoms with E-state index in [1.807, 2.05) is 25.1 Å². The van der Waals surface area contributed by atoms with Crippen molar-refractivity contribution in [3.05, 3.63) is 53.6 Å². The molecule has 6 nitrogen and oxygen atoms in total. The molecule has 29 heavy (non-hydrogen) atoms. The van der Waals surface area contributed by atoms with Crippen LogP contribution in [0.5, 0.6) is 17.2 Å². The third-order valence-electron chi connectivity index (χ3n) is 4.25. The molecule has 6 heteroatoms. The fraction of sp³-hybridized carbons (Fsp3) is 0.391. The van der Waals surface area contributed by atoms with Crippen molar-refractivity contribution in [2.24, 2.45) is 5.92 Å². The Balaban J connectivity index is 1.95. The molecule has 0 aliphatic heterocycles. The molecule has 0 heterocycles. The summed E-state index contributed by atoms with van der Waals surface area (Å²) in [6.45, 7) is 8.00. The zero-order valence-corrected chi connectivity index (χ0v) is 17.7. The number of ketones is 1. The molecule has 0 aliphatic carbocycles. The Hall–Kier alpha value is -3.02. The Labute approximate surface area is 172 Å². The number of hydrogen-bond acceptors (Lipinski definition) is 5. The number of amides is 1. The Morgan fingerprint density at radius 1 is 1.00 bits per heavy atom. The molecular weight excluding hydrogens is 370 g/mol. The fourth-order valence-electron chi connectivity index (χ4n) is 2.65. The second kappa shape index (κ2) is 10.5. The molecule has 0 aromatic heterocycles. The van der Waals surface area contributed by atoms with Gasteiger partial charge >= 0.3 is 0 Å². The first-order chi connectivity index (χ1) is 13.8. The highest BCUT2D eigenvalue weighted by atomic mass is 16.5. The van der Waals surface area contributed by atoms with E-state index in [0.29, 0.717) is 35.3 Å². The van der Waals surface area contributed by atoms with Gasteiger partial charge < -0.3 is 19.5 Å². The quantitative estimate of drug-likeness (QED) is 0.607. The maximum absolute atomic E-state index is 12.3. The summed E-state index contributed by atoms with van der Waals surface area (Å²) in [7, 11) is 1.59. The van der Waals surface area contributed by atoms with Gasteiger partial charge in [0.2, 0.25) is 0 Å². The minimum Gasteiger partial charge on any atom is -0.493 e. The summed E-state index contributed by atoms with van der Waals surface area (Å²) < 4.78 is 16.7. The van der Waals surface area contributed by atoms with Crippen LogP contribution >= 0.6 is 0 Å². The van der Waals surface area contributed by atoms with Crippen LogP contribution in [-0.2, 0) is 4.79 Å². The third kappa shape index (κ3) is 6.82. The minimum absolute atomic E-state index is 0.0525. The van der Waals surface area contributed by atoms with Crippen molar-refractivity contribution >= 4 is 11.7 Å². The smallest absolute Gasteiger partial charge is 0.258 e. The van der Waals surface area contributed by atoms with Gasteiger partial charge in [-0.15, -0.1) is 0 Å². The molecule has 2 rings (SSSR count). The number of hydrogen-bond donors (Lipinski definition) is 1.